The Morgan fingerprint density at radius 3 is 2.36 bits per heavy atom. The van der Waals surface area contributed by atoms with Crippen LogP contribution in [-0.2, 0) is 5.16 Å². The van der Waals surface area contributed by atoms with Crippen LogP contribution in [0.15, 0.2) is 41.4 Å². The lowest BCUT2D eigenvalue weighted by molar-refractivity contribution is 0.438. The number of hydrogen-bond acceptors (Lipinski definition) is 2. The van der Waals surface area contributed by atoms with Crippen molar-refractivity contribution >= 4 is 20.1 Å². The van der Waals surface area contributed by atoms with Crippen LogP contribution in [0.4, 0.5) is 0 Å². The summed E-state index contributed by atoms with van der Waals surface area (Å²) in [6, 6.07) is 12.8. The molecule has 2 aromatic rings. The first kappa shape index (κ1) is 22.6. The van der Waals surface area contributed by atoms with Gasteiger partial charge >= 0.3 is 0 Å². The maximum absolute atomic E-state index is 11.0. The molecule has 0 aliphatic rings. The molecule has 2 nitrogen and oxygen atoms in total. The van der Waals surface area contributed by atoms with E-state index in [9.17, 15) is 5.11 Å². The topological polar surface area (TPSA) is 32.6 Å². The molecule has 0 bridgehead atoms. The third-order valence-corrected chi connectivity index (χ3v) is 7.24. The second kappa shape index (κ2) is 9.23. The van der Waals surface area contributed by atoms with E-state index in [1.54, 1.807) is 0 Å². The monoisotopic (exact) mass is 397 g/mol. The zero-order valence-corrected chi connectivity index (χ0v) is 19.6. The van der Waals surface area contributed by atoms with E-state index >= 15 is 0 Å². The van der Waals surface area contributed by atoms with Gasteiger partial charge in [-0.3, -0.25) is 4.99 Å². The maximum Gasteiger partial charge on any atom is 0.122 e. The Kier molecular flexibility index (Phi) is 7.46. The Morgan fingerprint density at radius 1 is 1.07 bits per heavy atom. The third kappa shape index (κ3) is 5.45. The molecular weight excluding hydrogens is 361 g/mol. The zero-order chi connectivity index (χ0) is 20.9. The van der Waals surface area contributed by atoms with Crippen molar-refractivity contribution in [2.24, 2.45) is 4.99 Å². The number of hydrogen-bond donors (Lipinski definition) is 1. The molecule has 0 amide bonds. The van der Waals surface area contributed by atoms with Crippen molar-refractivity contribution in [2.75, 3.05) is 0 Å². The summed E-state index contributed by atoms with van der Waals surface area (Å²) >= 11 is 0. The Hall–Kier alpha value is -1.66. The van der Waals surface area contributed by atoms with Crippen molar-refractivity contribution in [2.45, 2.75) is 78.4 Å². The summed E-state index contributed by atoms with van der Waals surface area (Å²) in [5.74, 6) is 0.467. The van der Waals surface area contributed by atoms with E-state index in [2.05, 4.69) is 77.9 Å². The number of benzene rings is 2. The lowest BCUT2D eigenvalue weighted by atomic mass is 9.88. The largest absolute Gasteiger partial charge is 0.507 e. The van der Waals surface area contributed by atoms with Crippen LogP contribution in [0.1, 0.15) is 76.1 Å². The van der Waals surface area contributed by atoms with Crippen LogP contribution < -0.4 is 5.30 Å². The fourth-order valence-electron chi connectivity index (χ4n) is 3.72. The molecule has 2 unspecified atom stereocenters. The molecule has 28 heavy (non-hydrogen) atoms. The average Bonchev–Trinajstić information content (AvgIpc) is 2.63. The van der Waals surface area contributed by atoms with E-state index in [0.29, 0.717) is 14.3 Å². The summed E-state index contributed by atoms with van der Waals surface area (Å²) in [4.78, 5) is 4.74. The quantitative estimate of drug-likeness (QED) is 0.412. The molecule has 2 rings (SSSR count). The van der Waals surface area contributed by atoms with Crippen molar-refractivity contribution in [3.8, 4) is 5.75 Å². The summed E-state index contributed by atoms with van der Waals surface area (Å²) in [7, 11) is 0.580. The molecule has 2 atom stereocenters. The van der Waals surface area contributed by atoms with Gasteiger partial charge in [-0.05, 0) is 63.9 Å². The number of phenols is 1. The first-order valence-electron chi connectivity index (χ1n) is 10.3. The zero-order valence-electron chi connectivity index (χ0n) is 18.6. The molecule has 0 saturated heterocycles. The minimum atomic E-state index is -0.0899. The van der Waals surface area contributed by atoms with E-state index in [1.165, 1.54) is 16.4 Å². The first-order chi connectivity index (χ1) is 13.1. The fourth-order valence-corrected chi connectivity index (χ4v) is 5.58. The van der Waals surface area contributed by atoms with Gasteiger partial charge in [0.1, 0.15) is 5.75 Å². The number of aryl methyl sites for hydroxylation is 2. The van der Waals surface area contributed by atoms with E-state index in [1.807, 2.05) is 13.1 Å². The highest BCUT2D eigenvalue weighted by atomic mass is 31.1. The second-order valence-corrected chi connectivity index (χ2v) is 10.6. The summed E-state index contributed by atoms with van der Waals surface area (Å²) in [6.07, 6.45) is 5.17. The number of nitrogens with zero attached hydrogens (tertiary/aromatic N) is 1. The smallest absolute Gasteiger partial charge is 0.122 e. The lowest BCUT2D eigenvalue weighted by Gasteiger charge is -2.35. The Morgan fingerprint density at radius 2 is 1.75 bits per heavy atom. The predicted octanol–water partition coefficient (Wildman–Crippen LogP) is 6.64. The van der Waals surface area contributed by atoms with Gasteiger partial charge in [0.25, 0.3) is 0 Å². The highest BCUT2D eigenvalue weighted by Crippen LogP contribution is 2.51. The van der Waals surface area contributed by atoms with Crippen LogP contribution in [0.3, 0.4) is 0 Å². The number of rotatable bonds is 7. The molecule has 0 aromatic heterocycles. The molecule has 1 N–H and O–H groups in total. The minimum absolute atomic E-state index is 0.0543. The van der Waals surface area contributed by atoms with Gasteiger partial charge in [-0.1, -0.05) is 70.8 Å². The Balaban J connectivity index is 2.57. The second-order valence-electron chi connectivity index (χ2n) is 8.80. The molecule has 152 valence electrons. The average molecular weight is 398 g/mol. The maximum atomic E-state index is 11.0. The molecule has 0 fully saturated rings. The van der Waals surface area contributed by atoms with E-state index in [-0.39, 0.29) is 10.7 Å². The summed E-state index contributed by atoms with van der Waals surface area (Å²) in [5.41, 5.74) is 4.39. The van der Waals surface area contributed by atoms with Crippen LogP contribution >= 0.6 is 8.58 Å². The van der Waals surface area contributed by atoms with Crippen molar-refractivity contribution < 1.29 is 5.11 Å². The van der Waals surface area contributed by atoms with Gasteiger partial charge in [0.2, 0.25) is 0 Å². The van der Waals surface area contributed by atoms with Gasteiger partial charge in [0, 0.05) is 16.9 Å². The number of aromatic hydroxyl groups is 1. The molecule has 0 radical (unpaired) electrons. The van der Waals surface area contributed by atoms with Crippen LogP contribution in [0.2, 0.25) is 0 Å². The van der Waals surface area contributed by atoms with E-state index in [0.717, 1.165) is 30.4 Å². The third-order valence-electron chi connectivity index (χ3n) is 5.17. The van der Waals surface area contributed by atoms with Gasteiger partial charge in [-0.15, -0.1) is 0 Å². The summed E-state index contributed by atoms with van der Waals surface area (Å²) in [6.45, 7) is 15.0. The van der Waals surface area contributed by atoms with E-state index < -0.39 is 0 Å². The van der Waals surface area contributed by atoms with Crippen LogP contribution in [0.25, 0.3) is 0 Å². The number of phenolic OH excluding ortho intramolecular Hbond substituents is 1. The molecule has 0 saturated carbocycles. The molecule has 0 heterocycles. The molecular formula is C25H36NOP. The van der Waals surface area contributed by atoms with E-state index in [4.69, 9.17) is 4.99 Å². The van der Waals surface area contributed by atoms with Crippen molar-refractivity contribution in [1.82, 2.24) is 0 Å². The SMILES string of the molecule is CCCC(CC)(Pc1ccccc1C=NC(C)(C)C)c1cc(C)cc(C)c1O. The van der Waals surface area contributed by atoms with Gasteiger partial charge in [0.15, 0.2) is 0 Å². The molecule has 3 heteroatoms. The molecule has 2 aromatic carbocycles. The van der Waals surface area contributed by atoms with Gasteiger partial charge < -0.3 is 5.11 Å². The molecule has 0 aliphatic heterocycles. The van der Waals surface area contributed by atoms with Crippen molar-refractivity contribution in [1.29, 1.82) is 0 Å². The normalized spacial score (nSPS) is 14.8. The number of aliphatic imine (C=N–C) groups is 1. The molecule has 0 spiro atoms. The van der Waals surface area contributed by atoms with Gasteiger partial charge in [0.05, 0.1) is 5.54 Å². The van der Waals surface area contributed by atoms with Crippen LogP contribution in [-0.4, -0.2) is 16.9 Å². The highest BCUT2D eigenvalue weighted by molar-refractivity contribution is 7.48. The van der Waals surface area contributed by atoms with Crippen molar-refractivity contribution in [3.63, 3.8) is 0 Å². The standard InChI is InChI=1S/C25H36NOP/c1-8-14-25(9-2,21-16-18(3)15-19(4)23(21)27)28-22-13-11-10-12-20(22)17-26-24(5,6)7/h10-13,15-17,27-28H,8-9,14H2,1-7H3. The highest BCUT2D eigenvalue weighted by Gasteiger charge is 2.33. The Bertz CT molecular complexity index is 835. The summed E-state index contributed by atoms with van der Waals surface area (Å²) in [5, 5.41) is 12.2. The minimum Gasteiger partial charge on any atom is -0.507 e. The van der Waals surface area contributed by atoms with Gasteiger partial charge in [-0.2, -0.15) is 0 Å². The van der Waals surface area contributed by atoms with Crippen LogP contribution in [0, 0.1) is 13.8 Å². The van der Waals surface area contributed by atoms with Crippen LogP contribution in [0.5, 0.6) is 5.75 Å². The van der Waals surface area contributed by atoms with Gasteiger partial charge in [-0.25, -0.2) is 0 Å². The predicted molar refractivity (Wildman–Crippen MR) is 126 cm³/mol. The molecule has 0 aliphatic carbocycles. The summed E-state index contributed by atoms with van der Waals surface area (Å²) < 4.78 is 0. The first-order valence-corrected chi connectivity index (χ1v) is 11.3. The van der Waals surface area contributed by atoms with Crippen molar-refractivity contribution in [3.05, 3.63) is 58.7 Å². The lowest BCUT2D eigenvalue weighted by Crippen LogP contribution is -2.24. The Labute approximate surface area is 173 Å². The fraction of sp³-hybridized carbons (Fsp3) is 0.480.